The van der Waals surface area contributed by atoms with E-state index in [1.54, 1.807) is 24.3 Å². The summed E-state index contributed by atoms with van der Waals surface area (Å²) in [6, 6.07) is 19.6. The van der Waals surface area contributed by atoms with Gasteiger partial charge in [-0.05, 0) is 53.6 Å². The third-order valence-corrected chi connectivity index (χ3v) is 6.23. The molecule has 1 aromatic heterocycles. The van der Waals surface area contributed by atoms with Crippen molar-refractivity contribution in [2.45, 2.75) is 12.5 Å². The van der Waals surface area contributed by atoms with E-state index in [0.29, 0.717) is 17.5 Å². The molecule has 0 aliphatic heterocycles. The van der Waals surface area contributed by atoms with E-state index in [2.05, 4.69) is 10.4 Å². The Morgan fingerprint density at radius 1 is 1.05 bits per heavy atom. The Morgan fingerprint density at radius 3 is 2.41 bits per heavy atom. The summed E-state index contributed by atoms with van der Waals surface area (Å²) in [4.78, 5) is 50.1. The molecule has 1 unspecified atom stereocenters. The number of anilines is 1. The third kappa shape index (κ3) is 6.27. The Balaban J connectivity index is 1.80. The molecule has 1 amide bonds. The van der Waals surface area contributed by atoms with Crippen LogP contribution in [0.1, 0.15) is 32.3 Å². The lowest BCUT2D eigenvalue weighted by atomic mass is 9.98. The van der Waals surface area contributed by atoms with Gasteiger partial charge >= 0.3 is 0 Å². The molecule has 0 saturated carbocycles. The van der Waals surface area contributed by atoms with Crippen molar-refractivity contribution >= 4 is 35.3 Å². The molecule has 1 N–H and O–H groups in total. The SMILES string of the molecule is COc1nn(C(Cc2ccccc2)C(=O)Nc2ccc(C=O)cc2)c(=O)cc1-c1cc(Cl)ccc1C(=O)CF. The normalized spacial score (nSPS) is 11.5. The molecule has 10 heteroatoms. The number of ether oxygens (including phenoxy) is 1. The van der Waals surface area contributed by atoms with Crippen LogP contribution in [0, 0.1) is 0 Å². The number of carbonyl (C=O) groups is 3. The van der Waals surface area contributed by atoms with Crippen LogP contribution in [0.3, 0.4) is 0 Å². The Morgan fingerprint density at radius 2 is 1.77 bits per heavy atom. The Hall–Kier alpha value is -4.63. The van der Waals surface area contributed by atoms with Gasteiger partial charge in [-0.2, -0.15) is 0 Å². The van der Waals surface area contributed by atoms with Crippen LogP contribution in [0.4, 0.5) is 10.1 Å². The predicted molar refractivity (Wildman–Crippen MR) is 145 cm³/mol. The molecule has 4 rings (SSSR count). The second-order valence-corrected chi connectivity index (χ2v) is 8.97. The van der Waals surface area contributed by atoms with Gasteiger partial charge in [0.15, 0.2) is 12.5 Å². The van der Waals surface area contributed by atoms with Gasteiger partial charge in [-0.3, -0.25) is 19.2 Å². The molecule has 39 heavy (non-hydrogen) atoms. The highest BCUT2D eigenvalue weighted by atomic mass is 35.5. The molecular formula is C29H23ClFN3O5. The summed E-state index contributed by atoms with van der Waals surface area (Å²) < 4.78 is 19.7. The van der Waals surface area contributed by atoms with Gasteiger partial charge < -0.3 is 10.1 Å². The molecule has 0 saturated heterocycles. The first-order valence-corrected chi connectivity index (χ1v) is 12.2. The van der Waals surface area contributed by atoms with Crippen molar-refractivity contribution < 1.29 is 23.5 Å². The number of benzene rings is 3. The number of aromatic nitrogens is 2. The third-order valence-electron chi connectivity index (χ3n) is 5.99. The second-order valence-electron chi connectivity index (χ2n) is 8.53. The van der Waals surface area contributed by atoms with Crippen LogP contribution in [0.15, 0.2) is 83.7 Å². The summed E-state index contributed by atoms with van der Waals surface area (Å²) in [6.45, 7) is -1.24. The maximum Gasteiger partial charge on any atom is 0.268 e. The lowest BCUT2D eigenvalue weighted by Crippen LogP contribution is -2.36. The maximum atomic E-state index is 13.5. The lowest BCUT2D eigenvalue weighted by molar-refractivity contribution is -0.119. The van der Waals surface area contributed by atoms with Crippen LogP contribution in [0.2, 0.25) is 5.02 Å². The first kappa shape index (κ1) is 27.4. The van der Waals surface area contributed by atoms with Crippen molar-refractivity contribution in [1.29, 1.82) is 0 Å². The van der Waals surface area contributed by atoms with Gasteiger partial charge in [0.05, 0.1) is 12.7 Å². The van der Waals surface area contributed by atoms with E-state index in [-0.39, 0.29) is 34.0 Å². The average Bonchev–Trinajstić information content (AvgIpc) is 2.96. The molecule has 0 bridgehead atoms. The van der Waals surface area contributed by atoms with Gasteiger partial charge in [-0.25, -0.2) is 9.07 Å². The van der Waals surface area contributed by atoms with Crippen molar-refractivity contribution in [3.05, 3.63) is 111 Å². The van der Waals surface area contributed by atoms with Crippen molar-refractivity contribution in [2.24, 2.45) is 0 Å². The van der Waals surface area contributed by atoms with Gasteiger partial charge in [0.1, 0.15) is 12.3 Å². The van der Waals surface area contributed by atoms with E-state index in [1.807, 2.05) is 30.3 Å². The molecule has 0 aliphatic rings. The quantitative estimate of drug-likeness (QED) is 0.222. The number of hydrogen-bond donors (Lipinski definition) is 1. The molecule has 1 heterocycles. The number of methoxy groups -OCH3 is 1. The summed E-state index contributed by atoms with van der Waals surface area (Å²) in [5.41, 5.74) is 1.30. The summed E-state index contributed by atoms with van der Waals surface area (Å²) in [6.07, 6.45) is 0.810. The number of carbonyl (C=O) groups excluding carboxylic acids is 3. The highest BCUT2D eigenvalue weighted by Crippen LogP contribution is 2.33. The van der Waals surface area contributed by atoms with Crippen LogP contribution in [0.25, 0.3) is 11.1 Å². The van der Waals surface area contributed by atoms with E-state index in [0.717, 1.165) is 10.2 Å². The zero-order valence-electron chi connectivity index (χ0n) is 20.8. The zero-order chi connectivity index (χ0) is 27.9. The Bertz CT molecular complexity index is 1570. The van der Waals surface area contributed by atoms with Crippen LogP contribution in [-0.2, 0) is 11.2 Å². The van der Waals surface area contributed by atoms with Crippen molar-refractivity contribution in [3.8, 4) is 17.0 Å². The Labute approximate surface area is 228 Å². The number of aldehydes is 1. The predicted octanol–water partition coefficient (Wildman–Crippen LogP) is 4.96. The highest BCUT2D eigenvalue weighted by molar-refractivity contribution is 6.31. The minimum Gasteiger partial charge on any atom is -0.480 e. The number of nitrogens with zero attached hydrogens (tertiary/aromatic N) is 2. The van der Waals surface area contributed by atoms with Crippen LogP contribution in [0.5, 0.6) is 5.88 Å². The fourth-order valence-corrected chi connectivity index (χ4v) is 4.24. The van der Waals surface area contributed by atoms with Gasteiger partial charge in [-0.1, -0.05) is 41.9 Å². The number of Topliss-reactive ketones (excluding diaryl/α,β-unsaturated/α-hetero) is 1. The van der Waals surface area contributed by atoms with Crippen LogP contribution >= 0.6 is 11.6 Å². The van der Waals surface area contributed by atoms with E-state index in [9.17, 15) is 23.6 Å². The molecule has 0 aliphatic carbocycles. The summed E-state index contributed by atoms with van der Waals surface area (Å²) in [5.74, 6) is -1.39. The van der Waals surface area contributed by atoms with E-state index >= 15 is 0 Å². The summed E-state index contributed by atoms with van der Waals surface area (Å²) in [7, 11) is 1.32. The molecule has 3 aromatic carbocycles. The van der Waals surface area contributed by atoms with Crippen LogP contribution in [-0.4, -0.2) is 41.5 Å². The number of alkyl halides is 1. The first-order chi connectivity index (χ1) is 18.8. The number of halogens is 2. The number of ketones is 1. The molecular weight excluding hydrogens is 525 g/mol. The van der Waals surface area contributed by atoms with Crippen molar-refractivity contribution in [2.75, 3.05) is 19.1 Å². The van der Waals surface area contributed by atoms with Crippen LogP contribution < -0.4 is 15.6 Å². The fourth-order valence-electron chi connectivity index (χ4n) is 4.07. The number of hydrogen-bond acceptors (Lipinski definition) is 6. The van der Waals surface area contributed by atoms with E-state index in [4.69, 9.17) is 16.3 Å². The molecule has 8 nitrogen and oxygen atoms in total. The Kier molecular flexibility index (Phi) is 8.63. The molecule has 1 atom stereocenters. The highest BCUT2D eigenvalue weighted by Gasteiger charge is 2.26. The van der Waals surface area contributed by atoms with Crippen molar-refractivity contribution in [1.82, 2.24) is 9.78 Å². The summed E-state index contributed by atoms with van der Waals surface area (Å²) >= 11 is 6.14. The monoisotopic (exact) mass is 547 g/mol. The number of nitrogens with one attached hydrogen (secondary N) is 1. The average molecular weight is 548 g/mol. The zero-order valence-corrected chi connectivity index (χ0v) is 21.5. The van der Waals surface area contributed by atoms with Gasteiger partial charge in [0.2, 0.25) is 11.8 Å². The van der Waals surface area contributed by atoms with Gasteiger partial charge in [0, 0.05) is 34.3 Å². The lowest BCUT2D eigenvalue weighted by Gasteiger charge is -2.20. The molecule has 4 aromatic rings. The van der Waals surface area contributed by atoms with E-state index in [1.165, 1.54) is 31.4 Å². The smallest absolute Gasteiger partial charge is 0.268 e. The standard InChI is InChI=1S/C29H23ClFN3O5/c1-39-29-24(23-14-20(30)9-12-22(23)26(36)16-31)15-27(37)34(33-29)25(13-18-5-3-2-4-6-18)28(38)32-21-10-7-19(17-35)8-11-21/h2-12,14-15,17,25H,13,16H2,1H3,(H,32,38). The van der Waals surface area contributed by atoms with Gasteiger partial charge in [0.25, 0.3) is 5.56 Å². The molecule has 0 radical (unpaired) electrons. The largest absolute Gasteiger partial charge is 0.480 e. The molecule has 0 spiro atoms. The van der Waals surface area contributed by atoms with Crippen molar-refractivity contribution in [3.63, 3.8) is 0 Å². The molecule has 198 valence electrons. The van der Waals surface area contributed by atoms with Gasteiger partial charge in [-0.15, -0.1) is 5.10 Å². The minimum atomic E-state index is -1.24. The topological polar surface area (TPSA) is 107 Å². The minimum absolute atomic E-state index is 0.0106. The number of amides is 1. The fraction of sp³-hybridized carbons (Fsp3) is 0.138. The van der Waals surface area contributed by atoms with E-state index < -0.39 is 30.0 Å². The maximum absolute atomic E-state index is 13.5. The first-order valence-electron chi connectivity index (χ1n) is 11.8. The second kappa shape index (κ2) is 12.3. The summed E-state index contributed by atoms with van der Waals surface area (Å²) in [5, 5.41) is 7.36. The number of rotatable bonds is 10. The molecule has 0 fully saturated rings.